The summed E-state index contributed by atoms with van der Waals surface area (Å²) in [6, 6.07) is 12.6. The number of thiophene rings is 2. The molecule has 0 N–H and O–H groups in total. The Hall–Kier alpha value is -0.610. The van der Waals surface area contributed by atoms with Gasteiger partial charge in [0.05, 0.1) is 4.01 Å². The van der Waals surface area contributed by atoms with E-state index < -0.39 is 0 Å². The smallest absolute Gasteiger partial charge is 0.0890 e. The summed E-state index contributed by atoms with van der Waals surface area (Å²) in [5.41, 5.74) is 0. The van der Waals surface area contributed by atoms with Crippen LogP contribution in [0.2, 0.25) is 5.02 Å². The molecule has 0 saturated carbocycles. The highest BCUT2D eigenvalue weighted by molar-refractivity contribution is 9.10. The first-order chi connectivity index (χ1) is 8.72. The first-order valence-corrected chi connectivity index (χ1v) is 8.22. The first kappa shape index (κ1) is 11.2. The Morgan fingerprint density at radius 2 is 1.72 bits per heavy atom. The Balaban J connectivity index is 2.28. The first-order valence-electron chi connectivity index (χ1n) is 5.42. The number of rotatable bonds is 0. The highest BCUT2D eigenvalue weighted by Gasteiger charge is 2.12. The lowest BCUT2D eigenvalue weighted by atomic mass is 10.1. The van der Waals surface area contributed by atoms with Crippen molar-refractivity contribution in [1.82, 2.24) is 0 Å². The fraction of sp³-hybridized carbons (Fsp3) is 0. The minimum Gasteiger partial charge on any atom is -0.124 e. The van der Waals surface area contributed by atoms with Gasteiger partial charge in [0.1, 0.15) is 0 Å². The van der Waals surface area contributed by atoms with Gasteiger partial charge >= 0.3 is 0 Å². The second kappa shape index (κ2) is 3.94. The average Bonchev–Trinajstić information content (AvgIpc) is 2.83. The van der Waals surface area contributed by atoms with Gasteiger partial charge in [0.2, 0.25) is 0 Å². The van der Waals surface area contributed by atoms with E-state index in [4.69, 9.17) is 11.6 Å². The van der Waals surface area contributed by atoms with Crippen molar-refractivity contribution < 1.29 is 0 Å². The van der Waals surface area contributed by atoms with Gasteiger partial charge in [0.25, 0.3) is 0 Å². The van der Waals surface area contributed by atoms with E-state index in [1.54, 1.807) is 0 Å². The Kier molecular flexibility index (Phi) is 2.46. The van der Waals surface area contributed by atoms with E-state index in [1.165, 1.54) is 29.6 Å². The van der Waals surface area contributed by atoms with Crippen LogP contribution in [0.1, 0.15) is 0 Å². The van der Waals surface area contributed by atoms with E-state index in [0.717, 1.165) is 9.50 Å². The molecule has 0 saturated heterocycles. The van der Waals surface area contributed by atoms with Crippen molar-refractivity contribution in [2.75, 3.05) is 0 Å². The Labute approximate surface area is 125 Å². The summed E-state index contributed by atoms with van der Waals surface area (Å²) in [5, 5.41) is 4.76. The van der Waals surface area contributed by atoms with Crippen LogP contribution in [0.3, 0.4) is 0 Å². The average molecular weight is 354 g/mol. The van der Waals surface area contributed by atoms with Crippen molar-refractivity contribution in [2.45, 2.75) is 0 Å². The van der Waals surface area contributed by atoms with Crippen LogP contribution in [0.15, 0.2) is 40.9 Å². The van der Waals surface area contributed by atoms with Crippen molar-refractivity contribution in [3.8, 4) is 0 Å². The molecule has 4 aromatic rings. The summed E-state index contributed by atoms with van der Waals surface area (Å²) in [6.07, 6.45) is 0. The van der Waals surface area contributed by atoms with Crippen LogP contribution >= 0.6 is 50.2 Å². The lowest BCUT2D eigenvalue weighted by Crippen LogP contribution is -1.68. The molecule has 2 aromatic carbocycles. The van der Waals surface area contributed by atoms with Crippen LogP contribution in [0.5, 0.6) is 0 Å². The van der Waals surface area contributed by atoms with Gasteiger partial charge in [-0.3, -0.25) is 0 Å². The van der Waals surface area contributed by atoms with E-state index in [0.29, 0.717) is 0 Å². The molecule has 0 atom stereocenters. The molecule has 0 radical (unpaired) electrons. The number of hydrogen-bond acceptors (Lipinski definition) is 2. The number of benzene rings is 2. The van der Waals surface area contributed by atoms with Crippen LogP contribution in [0.25, 0.3) is 29.6 Å². The largest absolute Gasteiger partial charge is 0.124 e. The third kappa shape index (κ3) is 1.55. The van der Waals surface area contributed by atoms with Gasteiger partial charge in [0, 0.05) is 35.1 Å². The molecule has 0 aliphatic carbocycles. The van der Waals surface area contributed by atoms with Crippen molar-refractivity contribution in [2.24, 2.45) is 0 Å². The molecule has 0 fully saturated rings. The lowest BCUT2D eigenvalue weighted by Gasteiger charge is -1.94. The van der Waals surface area contributed by atoms with Crippen molar-refractivity contribution in [3.05, 3.63) is 45.9 Å². The van der Waals surface area contributed by atoms with Crippen LogP contribution < -0.4 is 0 Å². The molecule has 0 bridgehead atoms. The van der Waals surface area contributed by atoms with Crippen molar-refractivity contribution >= 4 is 79.8 Å². The summed E-state index contributed by atoms with van der Waals surface area (Å²) in [6.45, 7) is 0. The van der Waals surface area contributed by atoms with E-state index in [-0.39, 0.29) is 0 Å². The maximum atomic E-state index is 6.12. The monoisotopic (exact) mass is 352 g/mol. The van der Waals surface area contributed by atoms with Gasteiger partial charge in [-0.25, -0.2) is 0 Å². The van der Waals surface area contributed by atoms with E-state index in [2.05, 4.69) is 46.3 Å². The summed E-state index contributed by atoms with van der Waals surface area (Å²) in [5.74, 6) is 0. The van der Waals surface area contributed by atoms with Crippen LogP contribution in [0.4, 0.5) is 0 Å². The zero-order valence-electron chi connectivity index (χ0n) is 9.04. The fourth-order valence-corrected chi connectivity index (χ4v) is 5.57. The van der Waals surface area contributed by atoms with Crippen molar-refractivity contribution in [3.63, 3.8) is 0 Å². The lowest BCUT2D eigenvalue weighted by molar-refractivity contribution is 1.78. The third-order valence-corrected chi connectivity index (χ3v) is 6.17. The van der Waals surface area contributed by atoms with E-state index >= 15 is 0 Å². The molecule has 2 aromatic heterocycles. The van der Waals surface area contributed by atoms with E-state index in [9.17, 15) is 0 Å². The van der Waals surface area contributed by atoms with Crippen molar-refractivity contribution in [1.29, 1.82) is 0 Å². The molecule has 0 aliphatic rings. The molecule has 4 heteroatoms. The fourth-order valence-electron chi connectivity index (χ4n) is 2.26. The predicted molar refractivity (Wildman–Crippen MR) is 87.4 cm³/mol. The van der Waals surface area contributed by atoms with Gasteiger partial charge in [-0.2, -0.15) is 0 Å². The predicted octanol–water partition coefficient (Wildman–Crippen LogP) is 6.69. The molecule has 2 heterocycles. The summed E-state index contributed by atoms with van der Waals surface area (Å²) < 4.78 is 5.14. The molecule has 18 heavy (non-hydrogen) atoms. The van der Waals surface area contributed by atoms with Gasteiger partial charge in [0.15, 0.2) is 0 Å². The minimum absolute atomic E-state index is 0.804. The SMILES string of the molecule is Clc1ccc2sc3sc4cc(Br)ccc4c3c2c1. The third-order valence-electron chi connectivity index (χ3n) is 3.03. The van der Waals surface area contributed by atoms with Gasteiger partial charge in [-0.15, -0.1) is 22.7 Å². The molecular formula is C14H6BrClS2. The zero-order valence-corrected chi connectivity index (χ0v) is 13.0. The Bertz CT molecular complexity index is 904. The normalized spacial score (nSPS) is 11.9. The van der Waals surface area contributed by atoms with Gasteiger partial charge in [-0.1, -0.05) is 33.6 Å². The quantitative estimate of drug-likeness (QED) is 0.330. The molecule has 0 spiro atoms. The van der Waals surface area contributed by atoms with Crippen LogP contribution in [-0.2, 0) is 0 Å². The minimum atomic E-state index is 0.804. The maximum absolute atomic E-state index is 6.12. The second-order valence-electron chi connectivity index (χ2n) is 4.15. The van der Waals surface area contributed by atoms with Gasteiger partial charge in [-0.05, 0) is 30.3 Å². The van der Waals surface area contributed by atoms with E-state index in [1.807, 2.05) is 28.7 Å². The topological polar surface area (TPSA) is 0 Å². The molecular weight excluding hydrogens is 348 g/mol. The van der Waals surface area contributed by atoms with Crippen LogP contribution in [-0.4, -0.2) is 0 Å². The molecule has 0 aliphatic heterocycles. The molecule has 0 unspecified atom stereocenters. The number of hydrogen-bond donors (Lipinski definition) is 0. The summed E-state index contributed by atoms with van der Waals surface area (Å²) in [7, 11) is 0. The maximum Gasteiger partial charge on any atom is 0.0890 e. The standard InChI is InChI=1S/C14H6BrClS2/c15-7-1-3-9-12(5-7)18-14-13(9)10-6-8(16)2-4-11(10)17-14/h1-6H. The highest BCUT2D eigenvalue weighted by atomic mass is 79.9. The molecule has 0 nitrogen and oxygen atoms in total. The molecule has 88 valence electrons. The summed E-state index contributed by atoms with van der Waals surface area (Å²) >= 11 is 13.3. The van der Waals surface area contributed by atoms with Crippen LogP contribution in [0, 0.1) is 0 Å². The number of fused-ring (bicyclic) bond motifs is 5. The molecule has 4 rings (SSSR count). The van der Waals surface area contributed by atoms with Gasteiger partial charge < -0.3 is 0 Å². The second-order valence-corrected chi connectivity index (χ2v) is 7.86. The Morgan fingerprint density at radius 1 is 0.889 bits per heavy atom. The summed E-state index contributed by atoms with van der Waals surface area (Å²) in [4.78, 5) is 0. The Morgan fingerprint density at radius 3 is 2.61 bits per heavy atom. The highest BCUT2D eigenvalue weighted by Crippen LogP contribution is 2.45. The number of halogens is 2. The zero-order chi connectivity index (χ0) is 12.3. The molecule has 0 amide bonds.